The number of anilines is 1. The first-order valence-corrected chi connectivity index (χ1v) is 5.99. The number of fused-ring (bicyclic) bond motifs is 1. The summed E-state index contributed by atoms with van der Waals surface area (Å²) in [5, 5.41) is 7.48. The van der Waals surface area contributed by atoms with Gasteiger partial charge in [-0.25, -0.2) is 0 Å². The lowest BCUT2D eigenvalue weighted by Crippen LogP contribution is -2.34. The molecule has 2 rings (SSSR count). The normalized spacial score (nSPS) is 16.6. The fourth-order valence-corrected chi connectivity index (χ4v) is 2.02. The van der Waals surface area contributed by atoms with E-state index in [-0.39, 0.29) is 11.8 Å². The molecule has 0 aliphatic carbocycles. The number of hydrogen-bond donors (Lipinski definition) is 2. The summed E-state index contributed by atoms with van der Waals surface area (Å²) in [5.41, 5.74) is 6.65. The zero-order chi connectivity index (χ0) is 12.3. The van der Waals surface area contributed by atoms with Crippen LogP contribution in [0.2, 0.25) is 0 Å². The van der Waals surface area contributed by atoms with Gasteiger partial charge in [-0.2, -0.15) is 0 Å². The standard InChI is InChI=1S/C13H19N3O/c1-10(13(14)15)9-16-7-4-8-17-12-6-3-2-5-11(12)16/h2-3,5-6,10H,4,7-9H2,1H3,(H3,14,15). The van der Waals surface area contributed by atoms with Gasteiger partial charge in [0.05, 0.1) is 18.1 Å². The van der Waals surface area contributed by atoms with Crippen LogP contribution in [0.25, 0.3) is 0 Å². The predicted molar refractivity (Wildman–Crippen MR) is 69.8 cm³/mol. The van der Waals surface area contributed by atoms with Crippen molar-refractivity contribution in [2.75, 3.05) is 24.6 Å². The van der Waals surface area contributed by atoms with Crippen molar-refractivity contribution in [3.63, 3.8) is 0 Å². The average molecular weight is 233 g/mol. The summed E-state index contributed by atoms with van der Waals surface area (Å²) in [4.78, 5) is 2.26. The molecule has 0 amide bonds. The highest BCUT2D eigenvalue weighted by Crippen LogP contribution is 2.30. The molecule has 1 heterocycles. The molecule has 92 valence electrons. The average Bonchev–Trinajstić information content (AvgIpc) is 2.52. The van der Waals surface area contributed by atoms with Crippen LogP contribution in [0.5, 0.6) is 5.75 Å². The minimum atomic E-state index is 0.0705. The summed E-state index contributed by atoms with van der Waals surface area (Å²) in [5.74, 6) is 1.24. The first kappa shape index (κ1) is 11.8. The molecule has 3 N–H and O–H groups in total. The fraction of sp³-hybridized carbons (Fsp3) is 0.462. The molecule has 1 unspecified atom stereocenters. The van der Waals surface area contributed by atoms with Crippen LogP contribution in [0.3, 0.4) is 0 Å². The zero-order valence-electron chi connectivity index (χ0n) is 10.1. The number of hydrogen-bond acceptors (Lipinski definition) is 3. The van der Waals surface area contributed by atoms with Gasteiger partial charge < -0.3 is 15.4 Å². The van der Waals surface area contributed by atoms with Gasteiger partial charge in [-0.05, 0) is 18.6 Å². The van der Waals surface area contributed by atoms with Crippen molar-refractivity contribution in [2.45, 2.75) is 13.3 Å². The van der Waals surface area contributed by atoms with Crippen LogP contribution in [0.4, 0.5) is 5.69 Å². The largest absolute Gasteiger partial charge is 0.491 e. The quantitative estimate of drug-likeness (QED) is 0.618. The molecule has 0 radical (unpaired) electrons. The number of rotatable bonds is 3. The number of nitrogens with two attached hydrogens (primary N) is 1. The van der Waals surface area contributed by atoms with Gasteiger partial charge in [0.1, 0.15) is 5.75 Å². The van der Waals surface area contributed by atoms with Gasteiger partial charge in [0.2, 0.25) is 0 Å². The minimum absolute atomic E-state index is 0.0705. The molecule has 1 aliphatic heterocycles. The van der Waals surface area contributed by atoms with Gasteiger partial charge in [0.15, 0.2) is 0 Å². The van der Waals surface area contributed by atoms with E-state index in [2.05, 4.69) is 11.0 Å². The number of nitrogens with zero attached hydrogens (tertiary/aromatic N) is 1. The van der Waals surface area contributed by atoms with Crippen molar-refractivity contribution in [3.05, 3.63) is 24.3 Å². The summed E-state index contributed by atoms with van der Waals surface area (Å²) in [7, 11) is 0. The third kappa shape index (κ3) is 2.70. The van der Waals surface area contributed by atoms with Gasteiger partial charge in [-0.15, -0.1) is 0 Å². The summed E-state index contributed by atoms with van der Waals surface area (Å²) in [6.07, 6.45) is 0.999. The fourth-order valence-electron chi connectivity index (χ4n) is 2.02. The lowest BCUT2D eigenvalue weighted by Gasteiger charge is -2.26. The zero-order valence-corrected chi connectivity index (χ0v) is 10.1. The molecule has 1 aromatic carbocycles. The monoisotopic (exact) mass is 233 g/mol. The molecule has 0 bridgehead atoms. The molecule has 1 aliphatic rings. The second kappa shape index (κ2) is 5.08. The van der Waals surface area contributed by atoms with E-state index in [0.29, 0.717) is 0 Å². The van der Waals surface area contributed by atoms with Gasteiger partial charge >= 0.3 is 0 Å². The molecule has 1 aromatic rings. The van der Waals surface area contributed by atoms with E-state index < -0.39 is 0 Å². The van der Waals surface area contributed by atoms with Gasteiger partial charge in [-0.3, -0.25) is 5.41 Å². The summed E-state index contributed by atoms with van der Waals surface area (Å²) in [6.45, 7) is 4.46. The van der Waals surface area contributed by atoms with Crippen LogP contribution in [-0.4, -0.2) is 25.5 Å². The number of amidine groups is 1. The molecule has 4 heteroatoms. The third-order valence-electron chi connectivity index (χ3n) is 3.06. The van der Waals surface area contributed by atoms with Crippen molar-refractivity contribution in [3.8, 4) is 5.75 Å². The minimum Gasteiger partial charge on any atom is -0.491 e. The van der Waals surface area contributed by atoms with E-state index in [1.54, 1.807) is 0 Å². The SMILES string of the molecule is CC(CN1CCCOc2ccccc21)C(=N)N. The Morgan fingerprint density at radius 1 is 1.53 bits per heavy atom. The van der Waals surface area contributed by atoms with Crippen molar-refractivity contribution in [1.82, 2.24) is 0 Å². The van der Waals surface area contributed by atoms with Crippen LogP contribution in [0, 0.1) is 11.3 Å². The van der Waals surface area contributed by atoms with E-state index in [4.69, 9.17) is 15.9 Å². The van der Waals surface area contributed by atoms with Crippen LogP contribution in [-0.2, 0) is 0 Å². The number of nitrogens with one attached hydrogen (secondary N) is 1. The summed E-state index contributed by atoms with van der Waals surface area (Å²) in [6, 6.07) is 8.05. The Morgan fingerprint density at radius 3 is 3.06 bits per heavy atom. The van der Waals surface area contributed by atoms with Crippen molar-refractivity contribution in [1.29, 1.82) is 5.41 Å². The van der Waals surface area contributed by atoms with Crippen LogP contribution >= 0.6 is 0 Å². The molecular formula is C13H19N3O. The summed E-state index contributed by atoms with van der Waals surface area (Å²) < 4.78 is 5.69. The lowest BCUT2D eigenvalue weighted by molar-refractivity contribution is 0.322. The molecule has 0 aromatic heterocycles. The highest BCUT2D eigenvalue weighted by atomic mass is 16.5. The Labute approximate surface area is 102 Å². The van der Waals surface area contributed by atoms with E-state index in [1.165, 1.54) is 0 Å². The Balaban J connectivity index is 2.20. The number of ether oxygens (including phenoxy) is 1. The maximum absolute atomic E-state index is 7.48. The Bertz CT molecular complexity index is 405. The Morgan fingerprint density at radius 2 is 2.29 bits per heavy atom. The van der Waals surface area contributed by atoms with Crippen LogP contribution in [0.15, 0.2) is 24.3 Å². The smallest absolute Gasteiger partial charge is 0.142 e. The van der Waals surface area contributed by atoms with Gasteiger partial charge in [-0.1, -0.05) is 19.1 Å². The molecule has 0 saturated heterocycles. The second-order valence-electron chi connectivity index (χ2n) is 4.47. The maximum Gasteiger partial charge on any atom is 0.142 e. The molecule has 0 fully saturated rings. The Kier molecular flexibility index (Phi) is 3.52. The number of benzene rings is 1. The van der Waals surface area contributed by atoms with Gasteiger partial charge in [0.25, 0.3) is 0 Å². The van der Waals surface area contributed by atoms with Crippen molar-refractivity contribution < 1.29 is 4.74 Å². The van der Waals surface area contributed by atoms with Crippen LogP contribution in [0.1, 0.15) is 13.3 Å². The predicted octanol–water partition coefficient (Wildman–Crippen LogP) is 1.85. The molecule has 0 saturated carbocycles. The maximum atomic E-state index is 7.48. The van der Waals surface area contributed by atoms with E-state index in [0.717, 1.165) is 37.6 Å². The molecular weight excluding hydrogens is 214 g/mol. The second-order valence-corrected chi connectivity index (χ2v) is 4.47. The topological polar surface area (TPSA) is 62.3 Å². The summed E-state index contributed by atoms with van der Waals surface area (Å²) >= 11 is 0. The number of para-hydroxylation sites is 2. The third-order valence-corrected chi connectivity index (χ3v) is 3.06. The van der Waals surface area contributed by atoms with Crippen LogP contribution < -0.4 is 15.4 Å². The first-order chi connectivity index (χ1) is 8.18. The highest BCUT2D eigenvalue weighted by molar-refractivity contribution is 5.80. The highest BCUT2D eigenvalue weighted by Gasteiger charge is 2.18. The first-order valence-electron chi connectivity index (χ1n) is 5.99. The molecule has 0 spiro atoms. The van der Waals surface area contributed by atoms with E-state index in [9.17, 15) is 0 Å². The molecule has 17 heavy (non-hydrogen) atoms. The lowest BCUT2D eigenvalue weighted by atomic mass is 10.1. The Hall–Kier alpha value is -1.71. The molecule has 1 atom stereocenters. The molecule has 4 nitrogen and oxygen atoms in total. The van der Waals surface area contributed by atoms with Crippen molar-refractivity contribution >= 4 is 11.5 Å². The van der Waals surface area contributed by atoms with E-state index in [1.807, 2.05) is 25.1 Å². The van der Waals surface area contributed by atoms with Gasteiger partial charge in [0, 0.05) is 19.0 Å². The van der Waals surface area contributed by atoms with Crippen molar-refractivity contribution in [2.24, 2.45) is 11.7 Å². The van der Waals surface area contributed by atoms with E-state index >= 15 is 0 Å².